The normalized spacial score (nSPS) is 11.1. The van der Waals surface area contributed by atoms with Gasteiger partial charge in [-0.15, -0.1) is 0 Å². The fraction of sp³-hybridized carbons (Fsp3) is 0.385. The SMILES string of the molecule is CS(=O)(=O)Cc1ccc(C(=O)NCCOCC(=O)O)cc1. The number of nitrogens with one attached hydrogen (secondary N) is 1. The predicted octanol–water partition coefficient (Wildman–Crippen LogP) is 0.0622. The summed E-state index contributed by atoms with van der Waals surface area (Å²) in [4.78, 5) is 21.9. The lowest BCUT2D eigenvalue weighted by Gasteiger charge is -2.06. The molecule has 0 aliphatic heterocycles. The van der Waals surface area contributed by atoms with Crippen molar-refractivity contribution in [2.24, 2.45) is 0 Å². The van der Waals surface area contributed by atoms with Gasteiger partial charge in [-0.05, 0) is 17.7 Å². The topological polar surface area (TPSA) is 110 Å². The fourth-order valence-corrected chi connectivity index (χ4v) is 2.35. The second-order valence-electron chi connectivity index (χ2n) is 4.47. The first-order valence-corrected chi connectivity index (χ1v) is 8.18. The fourth-order valence-electron chi connectivity index (χ4n) is 1.55. The molecule has 1 aromatic carbocycles. The number of amides is 1. The number of carbonyl (C=O) groups is 2. The number of carbonyl (C=O) groups excluding carboxylic acids is 1. The van der Waals surface area contributed by atoms with E-state index in [0.29, 0.717) is 11.1 Å². The zero-order valence-electron chi connectivity index (χ0n) is 11.5. The molecule has 0 aromatic heterocycles. The minimum Gasteiger partial charge on any atom is -0.480 e. The maximum absolute atomic E-state index is 11.7. The molecule has 0 atom stereocenters. The van der Waals surface area contributed by atoms with Gasteiger partial charge in [0.05, 0.1) is 12.4 Å². The molecule has 0 heterocycles. The maximum Gasteiger partial charge on any atom is 0.329 e. The summed E-state index contributed by atoms with van der Waals surface area (Å²) < 4.78 is 27.0. The van der Waals surface area contributed by atoms with E-state index in [9.17, 15) is 18.0 Å². The number of hydrogen-bond acceptors (Lipinski definition) is 5. The van der Waals surface area contributed by atoms with E-state index in [4.69, 9.17) is 9.84 Å². The molecule has 116 valence electrons. The summed E-state index contributed by atoms with van der Waals surface area (Å²) in [7, 11) is -3.10. The molecule has 0 unspecified atom stereocenters. The number of carboxylic acids is 1. The summed E-state index contributed by atoms with van der Waals surface area (Å²) in [6.07, 6.45) is 1.14. The maximum atomic E-state index is 11.7. The van der Waals surface area contributed by atoms with E-state index in [1.54, 1.807) is 12.1 Å². The highest BCUT2D eigenvalue weighted by Crippen LogP contribution is 2.07. The van der Waals surface area contributed by atoms with Crippen LogP contribution in [-0.4, -0.2) is 51.4 Å². The molecule has 0 saturated heterocycles. The van der Waals surface area contributed by atoms with Crippen LogP contribution in [-0.2, 0) is 25.1 Å². The third kappa shape index (κ3) is 7.42. The minimum atomic E-state index is -3.10. The van der Waals surface area contributed by atoms with Crippen LogP contribution in [0.2, 0.25) is 0 Å². The molecule has 1 rings (SSSR count). The van der Waals surface area contributed by atoms with Crippen molar-refractivity contribution in [1.29, 1.82) is 0 Å². The van der Waals surface area contributed by atoms with Crippen LogP contribution in [0.4, 0.5) is 0 Å². The molecule has 21 heavy (non-hydrogen) atoms. The molecular formula is C13H17NO6S. The first kappa shape index (κ1) is 17.1. The Kier molecular flexibility index (Phi) is 6.32. The minimum absolute atomic E-state index is 0.0715. The monoisotopic (exact) mass is 315 g/mol. The number of ether oxygens (including phenoxy) is 1. The molecular weight excluding hydrogens is 298 g/mol. The number of benzene rings is 1. The number of rotatable bonds is 8. The second-order valence-corrected chi connectivity index (χ2v) is 6.61. The number of sulfone groups is 1. The molecule has 7 nitrogen and oxygen atoms in total. The van der Waals surface area contributed by atoms with Crippen LogP contribution in [0.25, 0.3) is 0 Å². The van der Waals surface area contributed by atoms with Crippen LogP contribution >= 0.6 is 0 Å². The highest BCUT2D eigenvalue weighted by molar-refractivity contribution is 7.89. The lowest BCUT2D eigenvalue weighted by atomic mass is 10.1. The van der Waals surface area contributed by atoms with Gasteiger partial charge < -0.3 is 15.2 Å². The Labute approximate surface area is 122 Å². The van der Waals surface area contributed by atoms with E-state index in [1.807, 2.05) is 0 Å². The lowest BCUT2D eigenvalue weighted by Crippen LogP contribution is -2.27. The van der Waals surface area contributed by atoms with Crippen molar-refractivity contribution >= 4 is 21.7 Å². The van der Waals surface area contributed by atoms with Crippen LogP contribution in [0.5, 0.6) is 0 Å². The molecule has 0 aliphatic carbocycles. The van der Waals surface area contributed by atoms with Gasteiger partial charge in [0.25, 0.3) is 5.91 Å². The Bertz CT molecular complexity index is 594. The van der Waals surface area contributed by atoms with Crippen LogP contribution in [0.1, 0.15) is 15.9 Å². The molecule has 0 aliphatic rings. The molecule has 0 bridgehead atoms. The smallest absolute Gasteiger partial charge is 0.329 e. The third-order valence-electron chi connectivity index (χ3n) is 2.40. The molecule has 0 radical (unpaired) electrons. The van der Waals surface area contributed by atoms with E-state index < -0.39 is 22.4 Å². The van der Waals surface area contributed by atoms with E-state index in [1.165, 1.54) is 12.1 Å². The summed E-state index contributed by atoms with van der Waals surface area (Å²) in [6, 6.07) is 6.23. The highest BCUT2D eigenvalue weighted by Gasteiger charge is 2.07. The van der Waals surface area contributed by atoms with Gasteiger partial charge >= 0.3 is 5.97 Å². The van der Waals surface area contributed by atoms with Crippen LogP contribution in [0.15, 0.2) is 24.3 Å². The van der Waals surface area contributed by atoms with Crippen molar-refractivity contribution in [2.75, 3.05) is 26.0 Å². The molecule has 0 saturated carbocycles. The summed E-state index contributed by atoms with van der Waals surface area (Å²) >= 11 is 0. The lowest BCUT2D eigenvalue weighted by molar-refractivity contribution is -0.142. The Morgan fingerprint density at radius 2 is 1.86 bits per heavy atom. The van der Waals surface area contributed by atoms with Gasteiger partial charge in [-0.3, -0.25) is 4.79 Å². The van der Waals surface area contributed by atoms with Crippen molar-refractivity contribution in [3.05, 3.63) is 35.4 Å². The standard InChI is InChI=1S/C13H17NO6S/c1-21(18,19)9-10-2-4-11(5-3-10)13(17)14-6-7-20-8-12(15)16/h2-5H,6-9H2,1H3,(H,14,17)(H,15,16). The van der Waals surface area contributed by atoms with Gasteiger partial charge in [-0.25, -0.2) is 13.2 Å². The Balaban J connectivity index is 2.43. The highest BCUT2D eigenvalue weighted by atomic mass is 32.2. The van der Waals surface area contributed by atoms with Crippen molar-refractivity contribution in [2.45, 2.75) is 5.75 Å². The molecule has 0 fully saturated rings. The van der Waals surface area contributed by atoms with E-state index in [0.717, 1.165) is 6.26 Å². The number of aliphatic carboxylic acids is 1. The average Bonchev–Trinajstić information content (AvgIpc) is 2.36. The second kappa shape index (κ2) is 7.75. The molecule has 0 spiro atoms. The summed E-state index contributed by atoms with van der Waals surface area (Å²) in [5.74, 6) is -1.47. The van der Waals surface area contributed by atoms with Crippen molar-refractivity contribution in [3.63, 3.8) is 0 Å². The Hall–Kier alpha value is -1.93. The summed E-state index contributed by atoms with van der Waals surface area (Å²) in [5, 5.41) is 10.9. The van der Waals surface area contributed by atoms with E-state index in [2.05, 4.69) is 5.32 Å². The Morgan fingerprint density at radius 1 is 1.24 bits per heavy atom. The molecule has 1 amide bonds. The van der Waals surface area contributed by atoms with E-state index >= 15 is 0 Å². The average molecular weight is 315 g/mol. The first-order valence-electron chi connectivity index (χ1n) is 6.12. The number of hydrogen-bond donors (Lipinski definition) is 2. The van der Waals surface area contributed by atoms with Crippen LogP contribution in [0, 0.1) is 0 Å². The molecule has 8 heteroatoms. The van der Waals surface area contributed by atoms with Gasteiger partial charge in [0.15, 0.2) is 9.84 Å². The third-order valence-corrected chi connectivity index (χ3v) is 3.26. The van der Waals surface area contributed by atoms with Crippen molar-refractivity contribution in [3.8, 4) is 0 Å². The quantitative estimate of drug-likeness (QED) is 0.657. The summed E-state index contributed by atoms with van der Waals surface area (Å²) in [5.41, 5.74) is 1.00. The molecule has 1 aromatic rings. The zero-order chi connectivity index (χ0) is 15.9. The van der Waals surface area contributed by atoms with Gasteiger partial charge in [0, 0.05) is 18.4 Å². The van der Waals surface area contributed by atoms with Crippen LogP contribution < -0.4 is 5.32 Å². The molecule has 2 N–H and O–H groups in total. The largest absolute Gasteiger partial charge is 0.480 e. The number of carboxylic acid groups (broad SMARTS) is 1. The first-order chi connectivity index (χ1) is 9.78. The van der Waals surface area contributed by atoms with Gasteiger partial charge in [-0.2, -0.15) is 0 Å². The van der Waals surface area contributed by atoms with Crippen molar-refractivity contribution < 1.29 is 27.9 Å². The Morgan fingerprint density at radius 3 is 2.38 bits per heavy atom. The van der Waals surface area contributed by atoms with Crippen LogP contribution in [0.3, 0.4) is 0 Å². The van der Waals surface area contributed by atoms with Crippen molar-refractivity contribution in [1.82, 2.24) is 5.32 Å². The predicted molar refractivity (Wildman–Crippen MR) is 75.8 cm³/mol. The zero-order valence-corrected chi connectivity index (χ0v) is 12.4. The van der Waals surface area contributed by atoms with Gasteiger partial charge in [-0.1, -0.05) is 12.1 Å². The van der Waals surface area contributed by atoms with E-state index in [-0.39, 0.29) is 24.8 Å². The summed E-state index contributed by atoms with van der Waals surface area (Å²) in [6.45, 7) is -0.114. The van der Waals surface area contributed by atoms with Gasteiger partial charge in [0.2, 0.25) is 0 Å². The van der Waals surface area contributed by atoms with Gasteiger partial charge in [0.1, 0.15) is 6.61 Å².